The highest BCUT2D eigenvalue weighted by molar-refractivity contribution is 5.98. The lowest BCUT2D eigenvalue weighted by Crippen LogP contribution is -2.51. The summed E-state index contributed by atoms with van der Waals surface area (Å²) in [6.07, 6.45) is 0.487. The van der Waals surface area contributed by atoms with Gasteiger partial charge < -0.3 is 25.6 Å². The van der Waals surface area contributed by atoms with Crippen LogP contribution in [-0.2, 0) is 9.53 Å². The van der Waals surface area contributed by atoms with Gasteiger partial charge in [0.1, 0.15) is 5.54 Å². The maximum absolute atomic E-state index is 12.0. The van der Waals surface area contributed by atoms with Gasteiger partial charge in [-0.25, -0.2) is 0 Å². The molecule has 98 valence electrons. The van der Waals surface area contributed by atoms with Crippen LogP contribution in [0.25, 0.3) is 0 Å². The fourth-order valence-corrected chi connectivity index (χ4v) is 1.78. The van der Waals surface area contributed by atoms with Crippen molar-refractivity contribution in [3.8, 4) is 11.5 Å². The van der Waals surface area contributed by atoms with Crippen LogP contribution in [0, 0.1) is 0 Å². The first kappa shape index (κ1) is 12.7. The van der Waals surface area contributed by atoms with Gasteiger partial charge in [-0.05, 0) is 18.6 Å². The number of ether oxygens (including phenoxy) is 2. The molecule has 4 N–H and O–H groups in total. The van der Waals surface area contributed by atoms with Gasteiger partial charge >= 0.3 is 0 Å². The van der Waals surface area contributed by atoms with Crippen molar-refractivity contribution in [2.75, 3.05) is 25.6 Å². The van der Waals surface area contributed by atoms with Gasteiger partial charge in [0.2, 0.25) is 5.91 Å². The van der Waals surface area contributed by atoms with E-state index in [1.807, 2.05) is 0 Å². The number of methoxy groups -OCH3 is 1. The molecule has 0 aromatic heterocycles. The zero-order chi connectivity index (χ0) is 13.2. The molecule has 0 bridgehead atoms. The number of amides is 1. The Balaban J connectivity index is 2.09. The van der Waals surface area contributed by atoms with Gasteiger partial charge in [-0.2, -0.15) is 0 Å². The van der Waals surface area contributed by atoms with Crippen molar-refractivity contribution in [3.05, 3.63) is 18.2 Å². The topological polar surface area (TPSA) is 93.8 Å². The molecule has 1 aliphatic heterocycles. The van der Waals surface area contributed by atoms with E-state index in [2.05, 4.69) is 5.32 Å². The molecule has 1 heterocycles. The van der Waals surface area contributed by atoms with Gasteiger partial charge in [0, 0.05) is 18.4 Å². The molecule has 0 saturated carbocycles. The number of benzene rings is 1. The number of phenols is 1. The summed E-state index contributed by atoms with van der Waals surface area (Å²) >= 11 is 0. The molecule has 1 aromatic rings. The van der Waals surface area contributed by atoms with E-state index in [0.717, 1.165) is 0 Å². The Kier molecular flexibility index (Phi) is 3.40. The molecule has 1 amide bonds. The molecule has 6 nitrogen and oxygen atoms in total. The van der Waals surface area contributed by atoms with Crippen LogP contribution in [0.5, 0.6) is 11.5 Å². The largest absolute Gasteiger partial charge is 0.504 e. The molecular weight excluding hydrogens is 236 g/mol. The molecule has 1 atom stereocenters. The highest BCUT2D eigenvalue weighted by Gasteiger charge is 2.38. The third kappa shape index (κ3) is 2.39. The number of anilines is 1. The SMILES string of the molecule is COc1ccc(NC(=O)C2(N)CCOC2)cc1O. The van der Waals surface area contributed by atoms with E-state index in [0.29, 0.717) is 24.5 Å². The van der Waals surface area contributed by atoms with Gasteiger partial charge in [0.15, 0.2) is 11.5 Å². The monoisotopic (exact) mass is 252 g/mol. The van der Waals surface area contributed by atoms with Crippen LogP contribution in [0.1, 0.15) is 6.42 Å². The Bertz CT molecular complexity index is 455. The van der Waals surface area contributed by atoms with Crippen LogP contribution >= 0.6 is 0 Å². The van der Waals surface area contributed by atoms with Gasteiger partial charge in [0.25, 0.3) is 0 Å². The van der Waals surface area contributed by atoms with Crippen molar-refractivity contribution in [1.29, 1.82) is 0 Å². The van der Waals surface area contributed by atoms with Crippen molar-refractivity contribution in [1.82, 2.24) is 0 Å². The zero-order valence-corrected chi connectivity index (χ0v) is 10.1. The Hall–Kier alpha value is -1.79. The van der Waals surface area contributed by atoms with Gasteiger partial charge in [0.05, 0.1) is 13.7 Å². The van der Waals surface area contributed by atoms with Crippen LogP contribution in [-0.4, -0.2) is 36.9 Å². The molecule has 0 radical (unpaired) electrons. The number of phenolic OH excluding ortho intramolecular Hbond substituents is 1. The van der Waals surface area contributed by atoms with Crippen molar-refractivity contribution in [3.63, 3.8) is 0 Å². The second-order valence-electron chi connectivity index (χ2n) is 4.30. The summed E-state index contributed by atoms with van der Waals surface area (Å²) in [6.45, 7) is 0.693. The van der Waals surface area contributed by atoms with Crippen LogP contribution < -0.4 is 15.8 Å². The van der Waals surface area contributed by atoms with Crippen LogP contribution in [0.4, 0.5) is 5.69 Å². The average molecular weight is 252 g/mol. The molecule has 0 spiro atoms. The Morgan fingerprint density at radius 2 is 2.39 bits per heavy atom. The molecule has 2 rings (SSSR count). The summed E-state index contributed by atoms with van der Waals surface area (Å²) in [7, 11) is 1.46. The van der Waals surface area contributed by atoms with E-state index in [1.165, 1.54) is 13.2 Å². The average Bonchev–Trinajstić information content (AvgIpc) is 2.78. The molecule has 18 heavy (non-hydrogen) atoms. The minimum Gasteiger partial charge on any atom is -0.504 e. The summed E-state index contributed by atoms with van der Waals surface area (Å²) in [4.78, 5) is 12.0. The highest BCUT2D eigenvalue weighted by Crippen LogP contribution is 2.29. The maximum Gasteiger partial charge on any atom is 0.246 e. The lowest BCUT2D eigenvalue weighted by molar-refractivity contribution is -0.121. The van der Waals surface area contributed by atoms with Crippen LogP contribution in [0.2, 0.25) is 0 Å². The highest BCUT2D eigenvalue weighted by atomic mass is 16.5. The Labute approximate surface area is 105 Å². The van der Waals surface area contributed by atoms with Crippen molar-refractivity contribution in [2.24, 2.45) is 5.73 Å². The van der Waals surface area contributed by atoms with Crippen molar-refractivity contribution in [2.45, 2.75) is 12.0 Å². The Morgan fingerprint density at radius 3 is 2.94 bits per heavy atom. The van der Waals surface area contributed by atoms with E-state index in [9.17, 15) is 9.90 Å². The number of hydrogen-bond donors (Lipinski definition) is 3. The number of rotatable bonds is 3. The summed E-state index contributed by atoms with van der Waals surface area (Å²) in [5, 5.41) is 12.3. The molecular formula is C12H16N2O4. The molecule has 1 aliphatic rings. The second kappa shape index (κ2) is 4.83. The molecule has 1 aromatic carbocycles. The fraction of sp³-hybridized carbons (Fsp3) is 0.417. The lowest BCUT2D eigenvalue weighted by atomic mass is 9.99. The quantitative estimate of drug-likeness (QED) is 0.726. The number of carbonyl (C=O) groups excluding carboxylic acids is 1. The van der Waals surface area contributed by atoms with E-state index in [1.54, 1.807) is 12.1 Å². The van der Waals surface area contributed by atoms with Gasteiger partial charge in [-0.1, -0.05) is 0 Å². The first-order valence-corrected chi connectivity index (χ1v) is 5.60. The maximum atomic E-state index is 12.0. The third-order valence-electron chi connectivity index (χ3n) is 2.94. The predicted octanol–water partition coefficient (Wildman–Crippen LogP) is 0.457. The Morgan fingerprint density at radius 1 is 1.61 bits per heavy atom. The minimum atomic E-state index is -0.991. The summed E-state index contributed by atoms with van der Waals surface area (Å²) in [5.74, 6) is -0.00623. The predicted molar refractivity (Wildman–Crippen MR) is 65.6 cm³/mol. The van der Waals surface area contributed by atoms with Gasteiger partial charge in [-0.3, -0.25) is 4.79 Å². The standard InChI is InChI=1S/C12H16N2O4/c1-17-10-3-2-8(6-9(10)15)14-11(16)12(13)4-5-18-7-12/h2-3,6,15H,4-5,7,13H2,1H3,(H,14,16). The molecule has 1 fully saturated rings. The molecule has 0 aliphatic carbocycles. The summed E-state index contributed by atoms with van der Waals surface area (Å²) < 4.78 is 10.0. The van der Waals surface area contributed by atoms with Crippen molar-refractivity contribution >= 4 is 11.6 Å². The number of aromatic hydroxyl groups is 1. The minimum absolute atomic E-state index is 0.0379. The van der Waals surface area contributed by atoms with E-state index < -0.39 is 5.54 Å². The molecule has 1 unspecified atom stereocenters. The second-order valence-corrected chi connectivity index (χ2v) is 4.30. The van der Waals surface area contributed by atoms with E-state index in [-0.39, 0.29) is 18.3 Å². The number of hydrogen-bond acceptors (Lipinski definition) is 5. The number of carbonyl (C=O) groups is 1. The van der Waals surface area contributed by atoms with Gasteiger partial charge in [-0.15, -0.1) is 0 Å². The first-order valence-electron chi connectivity index (χ1n) is 5.60. The van der Waals surface area contributed by atoms with E-state index >= 15 is 0 Å². The van der Waals surface area contributed by atoms with Crippen molar-refractivity contribution < 1.29 is 19.4 Å². The fourth-order valence-electron chi connectivity index (χ4n) is 1.78. The number of nitrogens with one attached hydrogen (secondary N) is 1. The zero-order valence-electron chi connectivity index (χ0n) is 10.1. The number of nitrogens with two attached hydrogens (primary N) is 1. The van der Waals surface area contributed by atoms with E-state index in [4.69, 9.17) is 15.2 Å². The summed E-state index contributed by atoms with van der Waals surface area (Å²) in [5.41, 5.74) is 5.40. The molecule has 6 heteroatoms. The van der Waals surface area contributed by atoms with Crippen LogP contribution in [0.15, 0.2) is 18.2 Å². The smallest absolute Gasteiger partial charge is 0.246 e. The normalized spacial score (nSPS) is 22.8. The van der Waals surface area contributed by atoms with Crippen LogP contribution in [0.3, 0.4) is 0 Å². The first-order chi connectivity index (χ1) is 8.55. The summed E-state index contributed by atoms with van der Waals surface area (Å²) in [6, 6.07) is 4.62. The lowest BCUT2D eigenvalue weighted by Gasteiger charge is -2.20. The third-order valence-corrected chi connectivity index (χ3v) is 2.94. The molecule has 1 saturated heterocycles.